The van der Waals surface area contributed by atoms with Gasteiger partial charge in [0.2, 0.25) is 11.6 Å². The van der Waals surface area contributed by atoms with E-state index in [9.17, 15) is 24.5 Å². The standard InChI is InChI=1S/C11H10N2O6/c1-6(14)10(15)8-4-3-7(12-11(16)19-2)5-9(8)13(17)18/h3-5H,1-2H3,(H,12,16). The van der Waals surface area contributed by atoms with Gasteiger partial charge in [-0.2, -0.15) is 0 Å². The molecule has 0 radical (unpaired) electrons. The molecular weight excluding hydrogens is 256 g/mol. The number of hydrogen-bond donors (Lipinski definition) is 1. The molecule has 0 aliphatic rings. The Morgan fingerprint density at radius 2 is 1.95 bits per heavy atom. The maximum atomic E-state index is 11.5. The Morgan fingerprint density at radius 1 is 1.32 bits per heavy atom. The monoisotopic (exact) mass is 266 g/mol. The quantitative estimate of drug-likeness (QED) is 0.382. The molecule has 0 unspecified atom stereocenters. The molecule has 100 valence electrons. The topological polar surface area (TPSA) is 116 Å². The number of anilines is 1. The zero-order valence-electron chi connectivity index (χ0n) is 10.1. The molecule has 0 saturated carbocycles. The van der Waals surface area contributed by atoms with Crippen LogP contribution in [0.15, 0.2) is 18.2 Å². The van der Waals surface area contributed by atoms with Crippen LogP contribution in [0.5, 0.6) is 0 Å². The van der Waals surface area contributed by atoms with Gasteiger partial charge in [-0.3, -0.25) is 25.0 Å². The average Bonchev–Trinajstić information content (AvgIpc) is 2.37. The summed E-state index contributed by atoms with van der Waals surface area (Å²) in [4.78, 5) is 43.5. The third-order valence-corrected chi connectivity index (χ3v) is 2.19. The van der Waals surface area contributed by atoms with Crippen molar-refractivity contribution >= 4 is 29.0 Å². The van der Waals surface area contributed by atoms with E-state index in [1.165, 1.54) is 6.07 Å². The van der Waals surface area contributed by atoms with Crippen LogP contribution < -0.4 is 5.32 Å². The fraction of sp³-hybridized carbons (Fsp3) is 0.182. The second-order valence-corrected chi connectivity index (χ2v) is 3.49. The summed E-state index contributed by atoms with van der Waals surface area (Å²) in [6.45, 7) is 1.02. The molecule has 0 spiro atoms. The number of nitro benzene ring substituents is 1. The number of carbonyl (C=O) groups excluding carboxylic acids is 3. The number of hydrogen-bond acceptors (Lipinski definition) is 6. The van der Waals surface area contributed by atoms with Crippen LogP contribution in [0.2, 0.25) is 0 Å². The first kappa shape index (κ1) is 14.3. The molecule has 0 aromatic heterocycles. The molecule has 0 aliphatic carbocycles. The first-order valence-corrected chi connectivity index (χ1v) is 5.05. The Labute approximate surface area is 107 Å². The van der Waals surface area contributed by atoms with Gasteiger partial charge in [-0.15, -0.1) is 0 Å². The van der Waals surface area contributed by atoms with Crippen molar-refractivity contribution in [3.05, 3.63) is 33.9 Å². The normalized spacial score (nSPS) is 9.58. The lowest BCUT2D eigenvalue weighted by Gasteiger charge is -2.05. The van der Waals surface area contributed by atoms with Crippen molar-refractivity contribution in [1.82, 2.24) is 0 Å². The minimum absolute atomic E-state index is 0.0821. The molecule has 1 amide bonds. The number of ether oxygens (including phenoxy) is 1. The third kappa shape index (κ3) is 3.35. The van der Waals surface area contributed by atoms with Crippen molar-refractivity contribution in [3.63, 3.8) is 0 Å². The van der Waals surface area contributed by atoms with Gasteiger partial charge in [-0.25, -0.2) is 4.79 Å². The Bertz CT molecular complexity index is 566. The van der Waals surface area contributed by atoms with Gasteiger partial charge in [0.25, 0.3) is 5.69 Å². The number of Topliss-reactive ketones (excluding diaryl/α,β-unsaturated/α-hetero) is 2. The van der Waals surface area contributed by atoms with Gasteiger partial charge in [-0.05, 0) is 12.1 Å². The molecule has 8 heteroatoms. The average molecular weight is 266 g/mol. The molecule has 0 saturated heterocycles. The Kier molecular flexibility index (Phi) is 4.30. The van der Waals surface area contributed by atoms with Gasteiger partial charge >= 0.3 is 6.09 Å². The maximum Gasteiger partial charge on any atom is 0.411 e. The maximum absolute atomic E-state index is 11.5. The summed E-state index contributed by atoms with van der Waals surface area (Å²) in [5.41, 5.74) is -0.805. The lowest BCUT2D eigenvalue weighted by molar-refractivity contribution is -0.385. The molecular formula is C11H10N2O6. The second-order valence-electron chi connectivity index (χ2n) is 3.49. The van der Waals surface area contributed by atoms with E-state index in [0.29, 0.717) is 0 Å². The smallest absolute Gasteiger partial charge is 0.411 e. The fourth-order valence-electron chi connectivity index (χ4n) is 1.31. The molecule has 0 heterocycles. The van der Waals surface area contributed by atoms with Gasteiger partial charge in [0.1, 0.15) is 5.56 Å². The molecule has 1 rings (SSSR count). The van der Waals surface area contributed by atoms with E-state index < -0.39 is 28.3 Å². The van der Waals surface area contributed by atoms with Crippen molar-refractivity contribution < 1.29 is 24.0 Å². The third-order valence-electron chi connectivity index (χ3n) is 2.19. The van der Waals surface area contributed by atoms with Crippen LogP contribution in [0.4, 0.5) is 16.2 Å². The molecule has 1 N–H and O–H groups in total. The first-order chi connectivity index (χ1) is 8.86. The number of nitro groups is 1. The van der Waals surface area contributed by atoms with Crippen LogP contribution in [0, 0.1) is 10.1 Å². The van der Waals surface area contributed by atoms with Gasteiger partial charge in [-0.1, -0.05) is 0 Å². The molecule has 0 aliphatic heterocycles. The van der Waals surface area contributed by atoms with E-state index in [2.05, 4.69) is 10.1 Å². The number of rotatable bonds is 4. The molecule has 1 aromatic rings. The number of amides is 1. The van der Waals surface area contributed by atoms with E-state index in [1.807, 2.05) is 0 Å². The summed E-state index contributed by atoms with van der Waals surface area (Å²) in [7, 11) is 1.14. The second kappa shape index (κ2) is 5.71. The molecule has 8 nitrogen and oxygen atoms in total. The van der Waals surface area contributed by atoms with Gasteiger partial charge in [0.15, 0.2) is 0 Å². The summed E-state index contributed by atoms with van der Waals surface area (Å²) < 4.78 is 4.33. The largest absolute Gasteiger partial charge is 0.453 e. The Balaban J connectivity index is 3.22. The van der Waals surface area contributed by atoms with Crippen molar-refractivity contribution in [2.75, 3.05) is 12.4 Å². The van der Waals surface area contributed by atoms with Crippen molar-refractivity contribution in [1.29, 1.82) is 0 Å². The Morgan fingerprint density at radius 3 is 2.42 bits per heavy atom. The van der Waals surface area contributed by atoms with E-state index in [0.717, 1.165) is 26.2 Å². The highest BCUT2D eigenvalue weighted by molar-refractivity contribution is 6.43. The number of methoxy groups -OCH3 is 1. The summed E-state index contributed by atoms with van der Waals surface area (Å²) in [6.07, 6.45) is -0.806. The first-order valence-electron chi connectivity index (χ1n) is 5.05. The van der Waals surface area contributed by atoms with Gasteiger partial charge in [0, 0.05) is 13.0 Å². The molecule has 0 atom stereocenters. The van der Waals surface area contributed by atoms with Gasteiger partial charge < -0.3 is 4.74 Å². The zero-order valence-corrected chi connectivity index (χ0v) is 10.1. The predicted octanol–water partition coefficient (Wildman–Crippen LogP) is 1.54. The SMILES string of the molecule is COC(=O)Nc1ccc(C(=O)C(C)=O)c([N+](=O)[O-])c1. The lowest BCUT2D eigenvalue weighted by Crippen LogP contribution is -2.14. The van der Waals surface area contributed by atoms with Crippen molar-refractivity contribution in [2.24, 2.45) is 0 Å². The van der Waals surface area contributed by atoms with Crippen LogP contribution in [-0.2, 0) is 9.53 Å². The van der Waals surface area contributed by atoms with Crippen molar-refractivity contribution in [2.45, 2.75) is 6.92 Å². The highest BCUT2D eigenvalue weighted by Gasteiger charge is 2.23. The number of carbonyl (C=O) groups is 3. The molecule has 0 bridgehead atoms. The van der Waals surface area contributed by atoms with E-state index in [1.54, 1.807) is 0 Å². The summed E-state index contributed by atoms with van der Waals surface area (Å²) in [6, 6.07) is 3.35. The minimum Gasteiger partial charge on any atom is -0.453 e. The van der Waals surface area contributed by atoms with Crippen LogP contribution in [0.25, 0.3) is 0 Å². The number of ketones is 2. The zero-order chi connectivity index (χ0) is 14.6. The highest BCUT2D eigenvalue weighted by Crippen LogP contribution is 2.24. The fourth-order valence-corrected chi connectivity index (χ4v) is 1.31. The highest BCUT2D eigenvalue weighted by atomic mass is 16.6. The van der Waals surface area contributed by atoms with E-state index in [-0.39, 0.29) is 11.3 Å². The van der Waals surface area contributed by atoms with Crippen LogP contribution in [0.1, 0.15) is 17.3 Å². The Hall–Kier alpha value is -2.77. The summed E-state index contributed by atoms with van der Waals surface area (Å²) >= 11 is 0. The van der Waals surface area contributed by atoms with Crippen LogP contribution in [0.3, 0.4) is 0 Å². The van der Waals surface area contributed by atoms with E-state index >= 15 is 0 Å². The van der Waals surface area contributed by atoms with Crippen molar-refractivity contribution in [3.8, 4) is 0 Å². The van der Waals surface area contributed by atoms with Crippen LogP contribution in [-0.4, -0.2) is 29.7 Å². The molecule has 0 fully saturated rings. The van der Waals surface area contributed by atoms with Crippen LogP contribution >= 0.6 is 0 Å². The number of benzene rings is 1. The van der Waals surface area contributed by atoms with Gasteiger partial charge in [0.05, 0.1) is 17.7 Å². The molecule has 19 heavy (non-hydrogen) atoms. The predicted molar refractivity (Wildman–Crippen MR) is 64.1 cm³/mol. The summed E-state index contributed by atoms with van der Waals surface area (Å²) in [5, 5.41) is 13.1. The molecule has 1 aromatic carbocycles. The number of nitrogens with one attached hydrogen (secondary N) is 1. The number of nitrogens with zero attached hydrogens (tertiary/aromatic N) is 1. The lowest BCUT2D eigenvalue weighted by atomic mass is 10.1. The minimum atomic E-state index is -0.962. The summed E-state index contributed by atoms with van der Waals surface area (Å²) in [5.74, 6) is -1.77. The van der Waals surface area contributed by atoms with E-state index in [4.69, 9.17) is 0 Å².